The molecule has 4 rings (SSSR count). The molecule has 0 radical (unpaired) electrons. The Morgan fingerprint density at radius 3 is 2.65 bits per heavy atom. The summed E-state index contributed by atoms with van der Waals surface area (Å²) in [5.41, 5.74) is 0.471. The van der Waals surface area contributed by atoms with Crippen molar-refractivity contribution in [3.63, 3.8) is 0 Å². The van der Waals surface area contributed by atoms with E-state index in [4.69, 9.17) is 9.47 Å². The van der Waals surface area contributed by atoms with Gasteiger partial charge < -0.3 is 9.47 Å². The van der Waals surface area contributed by atoms with Crippen molar-refractivity contribution in [2.45, 2.75) is 45.3 Å². The molecule has 0 aromatic carbocycles. The molecule has 0 unspecified atom stereocenters. The van der Waals surface area contributed by atoms with Crippen LogP contribution < -0.4 is 4.90 Å². The molecule has 0 atom stereocenters. The third-order valence-electron chi connectivity index (χ3n) is 4.60. The van der Waals surface area contributed by atoms with Gasteiger partial charge in [-0.3, -0.25) is 9.69 Å². The zero-order chi connectivity index (χ0) is 22.3. The Kier molecular flexibility index (Phi) is 5.26. The summed E-state index contributed by atoms with van der Waals surface area (Å²) in [5.74, 6) is 0.0155. The van der Waals surface area contributed by atoms with E-state index in [1.807, 2.05) is 20.8 Å². The molecule has 9 nitrogen and oxygen atoms in total. The van der Waals surface area contributed by atoms with Gasteiger partial charge in [0, 0.05) is 12.1 Å². The maximum absolute atomic E-state index is 13.1. The maximum atomic E-state index is 13.1. The molecule has 162 valence electrons. The Morgan fingerprint density at radius 2 is 2.03 bits per heavy atom. The summed E-state index contributed by atoms with van der Waals surface area (Å²) in [6.07, 6.45) is 3.28. The van der Waals surface area contributed by atoms with Crippen molar-refractivity contribution >= 4 is 41.2 Å². The van der Waals surface area contributed by atoms with Crippen LogP contribution in [0.15, 0.2) is 24.4 Å². The van der Waals surface area contributed by atoms with E-state index in [0.717, 1.165) is 12.8 Å². The van der Waals surface area contributed by atoms with Gasteiger partial charge in [0.15, 0.2) is 11.9 Å². The van der Waals surface area contributed by atoms with E-state index in [0.29, 0.717) is 38.8 Å². The maximum Gasteiger partial charge on any atom is 0.416 e. The van der Waals surface area contributed by atoms with Crippen LogP contribution >= 0.6 is 11.3 Å². The van der Waals surface area contributed by atoms with Crippen LogP contribution in [0, 0.1) is 0 Å². The van der Waals surface area contributed by atoms with Gasteiger partial charge in [0.25, 0.3) is 0 Å². The first-order valence-electron chi connectivity index (χ1n) is 9.76. The molecule has 3 aromatic heterocycles. The lowest BCUT2D eigenvalue weighted by atomic mass is 10.2. The summed E-state index contributed by atoms with van der Waals surface area (Å²) in [6.45, 7) is 5.42. The Hall–Kier alpha value is -3.27. The molecule has 31 heavy (non-hydrogen) atoms. The van der Waals surface area contributed by atoms with E-state index in [1.165, 1.54) is 29.2 Å². The Labute approximate surface area is 182 Å². The zero-order valence-corrected chi connectivity index (χ0v) is 18.4. The van der Waals surface area contributed by atoms with Gasteiger partial charge in [0.2, 0.25) is 0 Å². The first kappa shape index (κ1) is 21.0. The van der Waals surface area contributed by atoms with Gasteiger partial charge in [-0.15, -0.1) is 11.3 Å². The number of anilines is 1. The highest BCUT2D eigenvalue weighted by molar-refractivity contribution is 7.17. The molecule has 1 aliphatic rings. The molecule has 0 spiro atoms. The monoisotopic (exact) mass is 442 g/mol. The van der Waals surface area contributed by atoms with Gasteiger partial charge in [-0.25, -0.2) is 14.6 Å². The summed E-state index contributed by atoms with van der Waals surface area (Å²) in [6, 6.07) is 5.11. The van der Waals surface area contributed by atoms with Gasteiger partial charge in [0.1, 0.15) is 16.3 Å². The molecule has 1 amide bonds. The van der Waals surface area contributed by atoms with Crippen molar-refractivity contribution in [3.8, 4) is 10.6 Å². The lowest BCUT2D eigenvalue weighted by molar-refractivity contribution is 0.0573. The van der Waals surface area contributed by atoms with Crippen molar-refractivity contribution in [2.24, 2.45) is 0 Å². The minimum atomic E-state index is -0.666. The Morgan fingerprint density at radius 1 is 1.29 bits per heavy atom. The Balaban J connectivity index is 1.86. The van der Waals surface area contributed by atoms with Crippen molar-refractivity contribution in [1.29, 1.82) is 0 Å². The van der Waals surface area contributed by atoms with E-state index < -0.39 is 17.7 Å². The van der Waals surface area contributed by atoms with E-state index in [9.17, 15) is 14.4 Å². The summed E-state index contributed by atoms with van der Waals surface area (Å²) in [4.78, 5) is 43.7. The quantitative estimate of drug-likeness (QED) is 0.435. The molecular formula is C21H22N4O5S. The highest BCUT2D eigenvalue weighted by Crippen LogP contribution is 2.36. The topological polar surface area (TPSA) is 103 Å². The second kappa shape index (κ2) is 7.77. The Bertz CT molecular complexity index is 1170. The van der Waals surface area contributed by atoms with Gasteiger partial charge in [-0.05, 0) is 45.7 Å². The average molecular weight is 442 g/mol. The van der Waals surface area contributed by atoms with E-state index in [1.54, 1.807) is 23.1 Å². The molecule has 1 fully saturated rings. The number of carbonyl (C=O) groups excluding carboxylic acids is 3. The summed E-state index contributed by atoms with van der Waals surface area (Å²) in [5, 5.41) is 4.28. The third kappa shape index (κ3) is 4.15. The van der Waals surface area contributed by atoms with Crippen LogP contribution in [-0.2, 0) is 9.47 Å². The standard InChI is InChI=1S/C21H22N4O5S/c1-21(2,3)30-20(28)24(13-5-6-13)17-9-14(15-7-8-16(31-15)19(27)29-4)23-18-12(11-26)10-22-25(17)18/h7-11,13H,5-6H2,1-4H3. The van der Waals surface area contributed by atoms with Gasteiger partial charge in [-0.1, -0.05) is 0 Å². The fourth-order valence-electron chi connectivity index (χ4n) is 3.10. The number of methoxy groups -OCH3 is 1. The summed E-state index contributed by atoms with van der Waals surface area (Å²) >= 11 is 1.22. The normalized spacial score (nSPS) is 13.8. The molecular weight excluding hydrogens is 420 g/mol. The van der Waals surface area contributed by atoms with Crippen LogP contribution in [0.1, 0.15) is 53.6 Å². The second-order valence-electron chi connectivity index (χ2n) is 8.19. The highest BCUT2D eigenvalue weighted by Gasteiger charge is 2.38. The van der Waals surface area contributed by atoms with E-state index in [2.05, 4.69) is 10.1 Å². The third-order valence-corrected chi connectivity index (χ3v) is 5.69. The minimum Gasteiger partial charge on any atom is -0.465 e. The molecule has 10 heteroatoms. The number of esters is 1. The largest absolute Gasteiger partial charge is 0.465 e. The van der Waals surface area contributed by atoms with Gasteiger partial charge in [-0.2, -0.15) is 9.61 Å². The van der Waals surface area contributed by atoms with Gasteiger partial charge >= 0.3 is 12.1 Å². The number of nitrogens with zero attached hydrogens (tertiary/aromatic N) is 4. The van der Waals surface area contributed by atoms with Crippen molar-refractivity contribution in [1.82, 2.24) is 14.6 Å². The number of aldehydes is 1. The van der Waals surface area contributed by atoms with E-state index >= 15 is 0 Å². The van der Waals surface area contributed by atoms with Crippen LogP contribution in [0.5, 0.6) is 0 Å². The lowest BCUT2D eigenvalue weighted by Crippen LogP contribution is -2.39. The minimum absolute atomic E-state index is 0.0221. The number of rotatable bonds is 5. The fourth-order valence-corrected chi connectivity index (χ4v) is 3.99. The SMILES string of the molecule is COC(=O)c1ccc(-c2cc(N(C(=O)OC(C)(C)C)C3CC3)n3ncc(C=O)c3n2)s1. The molecule has 0 N–H and O–H groups in total. The first-order chi connectivity index (χ1) is 14.7. The number of ether oxygens (including phenoxy) is 2. The second-order valence-corrected chi connectivity index (χ2v) is 9.27. The predicted octanol–water partition coefficient (Wildman–Crippen LogP) is 3.96. The number of fused-ring (bicyclic) bond motifs is 1. The number of amides is 1. The number of aromatic nitrogens is 3. The van der Waals surface area contributed by atoms with Crippen LogP contribution in [0.3, 0.4) is 0 Å². The average Bonchev–Trinajstić information content (AvgIpc) is 3.26. The van der Waals surface area contributed by atoms with Crippen molar-refractivity contribution < 1.29 is 23.9 Å². The molecule has 0 saturated heterocycles. The fraction of sp³-hybridized carbons (Fsp3) is 0.381. The highest BCUT2D eigenvalue weighted by atomic mass is 32.1. The van der Waals surface area contributed by atoms with Crippen LogP contribution in [0.25, 0.3) is 16.2 Å². The van der Waals surface area contributed by atoms with Crippen LogP contribution in [0.2, 0.25) is 0 Å². The molecule has 3 aromatic rings. The van der Waals surface area contributed by atoms with Crippen molar-refractivity contribution in [3.05, 3.63) is 34.8 Å². The summed E-state index contributed by atoms with van der Waals surface area (Å²) in [7, 11) is 1.32. The molecule has 1 aliphatic carbocycles. The number of carbonyl (C=O) groups is 3. The predicted molar refractivity (Wildman–Crippen MR) is 115 cm³/mol. The molecule has 1 saturated carbocycles. The van der Waals surface area contributed by atoms with E-state index in [-0.39, 0.29) is 6.04 Å². The summed E-state index contributed by atoms with van der Waals surface area (Å²) < 4.78 is 11.9. The molecule has 3 heterocycles. The smallest absolute Gasteiger partial charge is 0.416 e. The van der Waals surface area contributed by atoms with Crippen LogP contribution in [-0.4, -0.2) is 51.7 Å². The van der Waals surface area contributed by atoms with Crippen molar-refractivity contribution in [2.75, 3.05) is 12.0 Å². The number of hydrogen-bond acceptors (Lipinski definition) is 8. The van der Waals surface area contributed by atoms with Gasteiger partial charge in [0.05, 0.1) is 29.4 Å². The lowest BCUT2D eigenvalue weighted by Gasteiger charge is -2.27. The zero-order valence-electron chi connectivity index (χ0n) is 17.6. The molecule has 0 bridgehead atoms. The number of thiophene rings is 1. The first-order valence-corrected chi connectivity index (χ1v) is 10.6. The number of hydrogen-bond donors (Lipinski definition) is 0. The molecule has 0 aliphatic heterocycles. The van der Waals surface area contributed by atoms with Crippen LogP contribution in [0.4, 0.5) is 10.6 Å².